The zero-order chi connectivity index (χ0) is 17.2. The molecule has 3 rings (SSSR count). The molecular weight excluding hydrogens is 348 g/mol. The maximum Gasteiger partial charge on any atom is 0.255 e. The van der Waals surface area contributed by atoms with Crippen molar-refractivity contribution in [3.05, 3.63) is 59.1 Å². The second kappa shape index (κ2) is 6.83. The van der Waals surface area contributed by atoms with Gasteiger partial charge in [-0.15, -0.1) is 0 Å². The Morgan fingerprint density at radius 3 is 2.50 bits per heavy atom. The molecule has 1 aliphatic rings. The third-order valence-electron chi connectivity index (χ3n) is 3.85. The summed E-state index contributed by atoms with van der Waals surface area (Å²) in [6.45, 7) is 0.483. The third-order valence-corrected chi connectivity index (χ3v) is 5.95. The Bertz CT molecular complexity index is 850. The Morgan fingerprint density at radius 2 is 1.83 bits per heavy atom. The molecule has 0 aliphatic carbocycles. The molecule has 0 unspecified atom stereocenters. The number of rotatable bonds is 3. The van der Waals surface area contributed by atoms with Crippen molar-refractivity contribution in [2.24, 2.45) is 0 Å². The number of carbonyl (C=O) groups is 1. The van der Waals surface area contributed by atoms with E-state index in [1.807, 2.05) is 0 Å². The van der Waals surface area contributed by atoms with Crippen molar-refractivity contribution in [3.63, 3.8) is 0 Å². The van der Waals surface area contributed by atoms with Crippen molar-refractivity contribution >= 4 is 38.9 Å². The molecule has 24 heavy (non-hydrogen) atoms. The summed E-state index contributed by atoms with van der Waals surface area (Å²) in [4.78, 5) is 12.3. The maximum atomic E-state index is 12.3. The Hall–Kier alpha value is -2.05. The monoisotopic (exact) mass is 364 g/mol. The first-order valence-corrected chi connectivity index (χ1v) is 9.62. The van der Waals surface area contributed by atoms with E-state index in [4.69, 9.17) is 11.6 Å². The van der Waals surface area contributed by atoms with Crippen LogP contribution in [0.25, 0.3) is 0 Å². The fourth-order valence-corrected chi connectivity index (χ4v) is 4.46. The summed E-state index contributed by atoms with van der Waals surface area (Å²) in [5.41, 5.74) is 1.65. The van der Waals surface area contributed by atoms with Gasteiger partial charge in [-0.3, -0.25) is 9.10 Å². The first kappa shape index (κ1) is 16.8. The van der Waals surface area contributed by atoms with Crippen LogP contribution in [0, 0.1) is 0 Å². The van der Waals surface area contributed by atoms with E-state index in [9.17, 15) is 13.2 Å². The molecule has 1 fully saturated rings. The molecule has 0 radical (unpaired) electrons. The van der Waals surface area contributed by atoms with Crippen LogP contribution in [-0.2, 0) is 10.0 Å². The van der Waals surface area contributed by atoms with Crippen LogP contribution in [0.2, 0.25) is 5.02 Å². The Morgan fingerprint density at radius 1 is 1.08 bits per heavy atom. The number of halogens is 1. The van der Waals surface area contributed by atoms with Crippen molar-refractivity contribution in [1.82, 2.24) is 0 Å². The largest absolute Gasteiger partial charge is 0.322 e. The van der Waals surface area contributed by atoms with Crippen LogP contribution in [0.3, 0.4) is 0 Å². The first-order chi connectivity index (χ1) is 11.5. The van der Waals surface area contributed by atoms with Gasteiger partial charge in [0.1, 0.15) is 0 Å². The van der Waals surface area contributed by atoms with E-state index in [1.165, 1.54) is 4.31 Å². The van der Waals surface area contributed by atoms with Crippen molar-refractivity contribution in [3.8, 4) is 0 Å². The van der Waals surface area contributed by atoms with Gasteiger partial charge in [0, 0.05) is 22.8 Å². The molecule has 2 aromatic carbocycles. The van der Waals surface area contributed by atoms with Crippen LogP contribution in [-0.4, -0.2) is 26.6 Å². The van der Waals surface area contributed by atoms with Gasteiger partial charge in [0.15, 0.2) is 0 Å². The molecular formula is C17H17ClN2O3S. The number of nitrogens with zero attached hydrogens (tertiary/aromatic N) is 1. The lowest BCUT2D eigenvalue weighted by Gasteiger charge is -2.28. The first-order valence-electron chi connectivity index (χ1n) is 7.63. The van der Waals surface area contributed by atoms with E-state index < -0.39 is 10.0 Å². The molecule has 7 heteroatoms. The van der Waals surface area contributed by atoms with E-state index in [-0.39, 0.29) is 11.7 Å². The minimum absolute atomic E-state index is 0.171. The second-order valence-corrected chi connectivity index (χ2v) is 8.06. The quantitative estimate of drug-likeness (QED) is 0.906. The molecule has 0 bridgehead atoms. The van der Waals surface area contributed by atoms with Crippen molar-refractivity contribution in [2.75, 3.05) is 21.9 Å². The normalized spacial score (nSPS) is 16.6. The predicted molar refractivity (Wildman–Crippen MR) is 96.2 cm³/mol. The minimum atomic E-state index is -3.24. The van der Waals surface area contributed by atoms with Gasteiger partial charge in [-0.1, -0.05) is 17.7 Å². The summed E-state index contributed by atoms with van der Waals surface area (Å²) in [6, 6.07) is 13.5. The second-order valence-electron chi connectivity index (χ2n) is 5.61. The number of benzene rings is 2. The van der Waals surface area contributed by atoms with Crippen LogP contribution < -0.4 is 9.62 Å². The summed E-state index contributed by atoms with van der Waals surface area (Å²) in [6.07, 6.45) is 1.54. The van der Waals surface area contributed by atoms with Crippen LogP contribution in [0.15, 0.2) is 48.5 Å². The average Bonchev–Trinajstić information content (AvgIpc) is 2.55. The predicted octanol–water partition coefficient (Wildman–Crippen LogP) is 3.52. The van der Waals surface area contributed by atoms with E-state index in [1.54, 1.807) is 48.5 Å². The number of amides is 1. The summed E-state index contributed by atoms with van der Waals surface area (Å²) in [7, 11) is -3.24. The zero-order valence-electron chi connectivity index (χ0n) is 12.9. The zero-order valence-corrected chi connectivity index (χ0v) is 14.5. The third kappa shape index (κ3) is 3.71. The number of hydrogen-bond donors (Lipinski definition) is 1. The summed E-state index contributed by atoms with van der Waals surface area (Å²) >= 11 is 5.89. The molecule has 2 aromatic rings. The Balaban J connectivity index is 1.75. The van der Waals surface area contributed by atoms with Gasteiger partial charge in [-0.05, 0) is 55.3 Å². The van der Waals surface area contributed by atoms with Gasteiger partial charge < -0.3 is 5.32 Å². The average molecular weight is 365 g/mol. The van der Waals surface area contributed by atoms with Crippen molar-refractivity contribution in [1.29, 1.82) is 0 Å². The molecule has 1 N–H and O–H groups in total. The lowest BCUT2D eigenvalue weighted by atomic mass is 10.2. The molecule has 1 saturated heterocycles. The molecule has 126 valence electrons. The lowest BCUT2D eigenvalue weighted by Crippen LogP contribution is -2.37. The molecule has 1 heterocycles. The highest BCUT2D eigenvalue weighted by Gasteiger charge is 2.25. The van der Waals surface area contributed by atoms with Gasteiger partial charge in [0.25, 0.3) is 5.91 Å². The van der Waals surface area contributed by atoms with Crippen LogP contribution >= 0.6 is 11.6 Å². The highest BCUT2D eigenvalue weighted by molar-refractivity contribution is 7.92. The molecule has 0 spiro atoms. The molecule has 0 aromatic heterocycles. The molecule has 1 aliphatic heterocycles. The molecule has 0 saturated carbocycles. The van der Waals surface area contributed by atoms with Gasteiger partial charge in [0.05, 0.1) is 11.4 Å². The van der Waals surface area contributed by atoms with Crippen molar-refractivity contribution < 1.29 is 13.2 Å². The summed E-state index contributed by atoms with van der Waals surface area (Å²) in [5.74, 6) is -0.102. The number of carbonyl (C=O) groups excluding carboxylic acids is 1. The highest BCUT2D eigenvalue weighted by atomic mass is 35.5. The Kier molecular flexibility index (Phi) is 4.78. The van der Waals surface area contributed by atoms with Crippen LogP contribution in [0.5, 0.6) is 0 Å². The summed E-state index contributed by atoms with van der Waals surface area (Å²) in [5, 5.41) is 3.30. The molecule has 1 amide bonds. The van der Waals surface area contributed by atoms with Crippen molar-refractivity contribution in [2.45, 2.75) is 12.8 Å². The van der Waals surface area contributed by atoms with E-state index in [0.29, 0.717) is 34.9 Å². The van der Waals surface area contributed by atoms with Crippen LogP contribution in [0.4, 0.5) is 11.4 Å². The number of hydrogen-bond acceptors (Lipinski definition) is 3. The topological polar surface area (TPSA) is 66.5 Å². The van der Waals surface area contributed by atoms with E-state index in [2.05, 4.69) is 5.32 Å². The van der Waals surface area contributed by atoms with Gasteiger partial charge in [-0.25, -0.2) is 8.42 Å². The highest BCUT2D eigenvalue weighted by Crippen LogP contribution is 2.24. The number of anilines is 2. The molecule has 5 nitrogen and oxygen atoms in total. The maximum absolute atomic E-state index is 12.3. The summed E-state index contributed by atoms with van der Waals surface area (Å²) < 4.78 is 25.6. The SMILES string of the molecule is O=C(Nc1cccc(Cl)c1)c1ccc(N2CCCCS2(=O)=O)cc1. The Labute approximate surface area is 146 Å². The standard InChI is InChI=1S/C17H17ClN2O3S/c18-14-4-3-5-15(12-14)19-17(21)13-6-8-16(9-7-13)20-10-1-2-11-24(20,22)23/h3-9,12H,1-2,10-11H2,(H,19,21). The lowest BCUT2D eigenvalue weighted by molar-refractivity contribution is 0.102. The number of nitrogens with one attached hydrogen (secondary N) is 1. The fourth-order valence-electron chi connectivity index (χ4n) is 2.63. The van der Waals surface area contributed by atoms with E-state index in [0.717, 1.165) is 6.42 Å². The van der Waals surface area contributed by atoms with Gasteiger partial charge >= 0.3 is 0 Å². The minimum Gasteiger partial charge on any atom is -0.322 e. The van der Waals surface area contributed by atoms with Gasteiger partial charge in [0.2, 0.25) is 10.0 Å². The fraction of sp³-hybridized carbons (Fsp3) is 0.235. The van der Waals surface area contributed by atoms with Crippen LogP contribution in [0.1, 0.15) is 23.2 Å². The molecule has 0 atom stereocenters. The number of sulfonamides is 1. The smallest absolute Gasteiger partial charge is 0.255 e. The van der Waals surface area contributed by atoms with Gasteiger partial charge in [-0.2, -0.15) is 0 Å². The van der Waals surface area contributed by atoms with E-state index >= 15 is 0 Å².